The highest BCUT2D eigenvalue weighted by Gasteiger charge is 2.08. The molecule has 0 heterocycles. The summed E-state index contributed by atoms with van der Waals surface area (Å²) in [5.41, 5.74) is 0. The quantitative estimate of drug-likeness (QED) is 0.413. The fourth-order valence-corrected chi connectivity index (χ4v) is 0. The fraction of sp³-hybridized carbons (Fsp3) is 1.00. The molecule has 0 aliphatic rings. The molecule has 0 rings (SSSR count). The average Bonchev–Trinajstić information content (AvgIpc) is 0.722. The van der Waals surface area contributed by atoms with Crippen LogP contribution in [0, 0.1) is 0 Å². The molecule has 0 amide bonds. The highest BCUT2D eigenvalue weighted by Crippen LogP contribution is 1.99. The molecule has 0 saturated carbocycles. The van der Waals surface area contributed by atoms with Crippen molar-refractivity contribution in [2.75, 3.05) is 0 Å². The molecule has 0 aromatic heterocycles. The first-order valence-electron chi connectivity index (χ1n) is 1.39. The van der Waals surface area contributed by atoms with Crippen LogP contribution in [0.15, 0.2) is 0 Å². The Bertz CT molecular complexity index is 22.4. The number of hydrogen-bond acceptors (Lipinski definition) is 0. The minimum atomic E-state index is -2.25. The Kier molecular flexibility index (Phi) is 0.916. The zero-order valence-corrected chi connectivity index (χ0v) is 3.29. The molecule has 0 aliphatic heterocycles. The van der Waals surface area contributed by atoms with Gasteiger partial charge in [0, 0.05) is 0 Å². The first kappa shape index (κ1) is 4.89. The van der Waals surface area contributed by atoms with Crippen molar-refractivity contribution in [1.29, 1.82) is 0 Å². The number of rotatable bonds is 0. The van der Waals surface area contributed by atoms with Gasteiger partial charge in [-0.2, -0.15) is 5.11 Å². The van der Waals surface area contributed by atoms with Crippen LogP contribution in [-0.4, -0.2) is 5.85 Å². The summed E-state index contributed by atoms with van der Waals surface area (Å²) < 4.78 is 11.1. The van der Waals surface area contributed by atoms with E-state index in [0.29, 0.717) is 0 Å². The Morgan fingerprint density at radius 1 is 1.60 bits per heavy atom. The van der Waals surface area contributed by atoms with E-state index in [4.69, 9.17) is 0 Å². The van der Waals surface area contributed by atoms with Gasteiger partial charge in [0.1, 0.15) is 0 Å². The van der Waals surface area contributed by atoms with Crippen LogP contribution in [-0.2, 0) is 5.11 Å². The van der Waals surface area contributed by atoms with Gasteiger partial charge in [0.15, 0.2) is 0 Å². The van der Waals surface area contributed by atoms with E-state index in [1.54, 1.807) is 0 Å². The van der Waals surface area contributed by atoms with Crippen molar-refractivity contribution in [1.82, 2.24) is 0 Å². The molecule has 2 heteroatoms. The summed E-state index contributed by atoms with van der Waals surface area (Å²) in [7, 11) is 0. The molecule has 0 unspecified atom stereocenters. The van der Waals surface area contributed by atoms with Crippen molar-refractivity contribution >= 4 is 0 Å². The highest BCUT2D eigenvalue weighted by molar-refractivity contribution is 4.38. The van der Waals surface area contributed by atoms with E-state index in [0.717, 1.165) is 13.8 Å². The SMILES string of the molecule is CC(C)([O])F. The van der Waals surface area contributed by atoms with Gasteiger partial charge in [-0.25, -0.2) is 4.39 Å². The molecule has 0 bridgehead atoms. The second-order valence-corrected chi connectivity index (χ2v) is 1.36. The molecule has 0 aromatic carbocycles. The zero-order valence-electron chi connectivity index (χ0n) is 3.29. The third kappa shape index (κ3) is 1150. The van der Waals surface area contributed by atoms with Gasteiger partial charge in [-0.15, -0.1) is 0 Å². The van der Waals surface area contributed by atoms with Crippen molar-refractivity contribution in [3.63, 3.8) is 0 Å². The lowest BCUT2D eigenvalue weighted by molar-refractivity contribution is -0.109. The highest BCUT2D eigenvalue weighted by atomic mass is 19.2. The van der Waals surface area contributed by atoms with E-state index in [1.165, 1.54) is 0 Å². The molecule has 1 nitrogen and oxygen atoms in total. The van der Waals surface area contributed by atoms with Gasteiger partial charge in [-0.3, -0.25) is 0 Å². The smallest absolute Gasteiger partial charge is 0.210 e. The first-order valence-corrected chi connectivity index (χ1v) is 1.39. The maximum atomic E-state index is 11.1. The molecule has 1 radical (unpaired) electrons. The minimum absolute atomic E-state index is 0.965. The van der Waals surface area contributed by atoms with Gasteiger partial charge in [0.2, 0.25) is 5.85 Å². The molecule has 5 heavy (non-hydrogen) atoms. The molecular formula is C3H6FO. The van der Waals surface area contributed by atoms with Crippen molar-refractivity contribution < 1.29 is 9.50 Å². The summed E-state index contributed by atoms with van der Waals surface area (Å²) in [5, 5.41) is 9.44. The van der Waals surface area contributed by atoms with Crippen molar-refractivity contribution in [2.45, 2.75) is 19.7 Å². The second-order valence-electron chi connectivity index (χ2n) is 1.36. The Balaban J connectivity index is 3.02. The third-order valence-electron chi connectivity index (χ3n) is 0. The van der Waals surface area contributed by atoms with Gasteiger partial charge in [0.05, 0.1) is 0 Å². The maximum Gasteiger partial charge on any atom is 0.235 e. The van der Waals surface area contributed by atoms with Gasteiger partial charge >= 0.3 is 0 Å². The van der Waals surface area contributed by atoms with Crippen molar-refractivity contribution in [3.8, 4) is 0 Å². The third-order valence-corrected chi connectivity index (χ3v) is 0. The van der Waals surface area contributed by atoms with Crippen LogP contribution in [0.25, 0.3) is 0 Å². The van der Waals surface area contributed by atoms with E-state index >= 15 is 0 Å². The minimum Gasteiger partial charge on any atom is -0.210 e. The van der Waals surface area contributed by atoms with E-state index in [-0.39, 0.29) is 0 Å². The second kappa shape index (κ2) is 0.937. The summed E-state index contributed by atoms with van der Waals surface area (Å²) in [6.07, 6.45) is 0. The predicted octanol–water partition coefficient (Wildman–Crippen LogP) is 1.12. The summed E-state index contributed by atoms with van der Waals surface area (Å²) in [4.78, 5) is 0. The molecule has 0 N–H and O–H groups in total. The van der Waals surface area contributed by atoms with Gasteiger partial charge < -0.3 is 0 Å². The molecule has 31 valence electrons. The average molecular weight is 77.1 g/mol. The van der Waals surface area contributed by atoms with Crippen molar-refractivity contribution in [3.05, 3.63) is 0 Å². The molecular weight excluding hydrogens is 71.0 g/mol. The van der Waals surface area contributed by atoms with Gasteiger partial charge in [0.25, 0.3) is 0 Å². The van der Waals surface area contributed by atoms with E-state index in [2.05, 4.69) is 0 Å². The van der Waals surface area contributed by atoms with E-state index in [1.807, 2.05) is 0 Å². The lowest BCUT2D eigenvalue weighted by atomic mass is 10.4. The van der Waals surface area contributed by atoms with Crippen LogP contribution >= 0.6 is 0 Å². The zero-order chi connectivity index (χ0) is 4.50. The van der Waals surface area contributed by atoms with Crippen LogP contribution in [0.3, 0.4) is 0 Å². The standard InChI is InChI=1S/C3H6FO/c1-3(2,4)5/h1-2H3. The Morgan fingerprint density at radius 2 is 1.60 bits per heavy atom. The summed E-state index contributed by atoms with van der Waals surface area (Å²) in [6, 6.07) is 0. The van der Waals surface area contributed by atoms with E-state index in [9.17, 15) is 9.50 Å². The lowest BCUT2D eigenvalue weighted by Crippen LogP contribution is -2.04. The number of alkyl halides is 1. The molecule has 0 aliphatic carbocycles. The monoisotopic (exact) mass is 77.0 g/mol. The summed E-state index contributed by atoms with van der Waals surface area (Å²) in [6.45, 7) is 1.93. The fourth-order valence-electron chi connectivity index (χ4n) is 0. The van der Waals surface area contributed by atoms with Gasteiger partial charge in [-0.05, 0) is 13.8 Å². The summed E-state index contributed by atoms with van der Waals surface area (Å²) in [5.74, 6) is -2.25. The molecule has 0 saturated heterocycles. The van der Waals surface area contributed by atoms with Crippen LogP contribution in [0.4, 0.5) is 4.39 Å². The molecule has 0 fully saturated rings. The normalized spacial score (nSPS) is 12.0. The number of hydrogen-bond donors (Lipinski definition) is 0. The molecule has 0 atom stereocenters. The Labute approximate surface area is 30.4 Å². The summed E-state index contributed by atoms with van der Waals surface area (Å²) >= 11 is 0. The predicted molar refractivity (Wildman–Crippen MR) is 15.9 cm³/mol. The van der Waals surface area contributed by atoms with Crippen LogP contribution < -0.4 is 0 Å². The Hall–Kier alpha value is -0.110. The maximum absolute atomic E-state index is 11.1. The van der Waals surface area contributed by atoms with Crippen LogP contribution in [0.2, 0.25) is 0 Å². The topological polar surface area (TPSA) is 19.9 Å². The van der Waals surface area contributed by atoms with Gasteiger partial charge in [-0.1, -0.05) is 0 Å². The van der Waals surface area contributed by atoms with E-state index < -0.39 is 5.85 Å². The van der Waals surface area contributed by atoms with Crippen LogP contribution in [0.5, 0.6) is 0 Å². The lowest BCUT2D eigenvalue weighted by Gasteiger charge is -1.94. The number of halogens is 1. The Morgan fingerprint density at radius 3 is 1.60 bits per heavy atom. The largest absolute Gasteiger partial charge is 0.235 e. The molecule has 0 aromatic rings. The first-order chi connectivity index (χ1) is 2.00. The van der Waals surface area contributed by atoms with Crippen molar-refractivity contribution in [2.24, 2.45) is 0 Å². The van der Waals surface area contributed by atoms with Crippen LogP contribution in [0.1, 0.15) is 13.8 Å². The molecule has 0 spiro atoms.